The molecule has 0 bridgehead atoms. The zero-order valence-electron chi connectivity index (χ0n) is 21.6. The number of hydrogen-bond acceptors (Lipinski definition) is 5. The number of carboxylic acid groups (broad SMARTS) is 1. The van der Waals surface area contributed by atoms with Crippen LogP contribution in [0.5, 0.6) is 0 Å². The molecular weight excluding hydrogens is 576 g/mol. The zero-order valence-corrected chi connectivity index (χ0v) is 22.4. The molecule has 1 heterocycles. The molecule has 1 aliphatic carbocycles. The van der Waals surface area contributed by atoms with Crippen molar-refractivity contribution in [1.82, 2.24) is 10.3 Å². The second kappa shape index (κ2) is 11.3. The highest BCUT2D eigenvalue weighted by molar-refractivity contribution is 6.33. The maximum Gasteiger partial charge on any atom is 0.326 e. The molecule has 1 amide bonds. The van der Waals surface area contributed by atoms with Crippen molar-refractivity contribution >= 4 is 40.1 Å². The Labute approximate surface area is 241 Å². The van der Waals surface area contributed by atoms with Crippen molar-refractivity contribution < 1.29 is 32.3 Å². The minimum atomic E-state index is -2.75. The van der Waals surface area contributed by atoms with E-state index in [9.17, 15) is 32.3 Å². The largest absolute Gasteiger partial charge is 0.480 e. The fraction of sp³-hybridized carbons (Fsp3) is 0.200. The molecule has 3 N–H and O–H groups in total. The van der Waals surface area contributed by atoms with Crippen LogP contribution in [0.15, 0.2) is 60.8 Å². The number of nitriles is 1. The van der Waals surface area contributed by atoms with Gasteiger partial charge in [0.1, 0.15) is 23.2 Å². The number of fused-ring (bicyclic) bond motifs is 1. The molecule has 1 aromatic heterocycles. The first-order valence-corrected chi connectivity index (χ1v) is 13.1. The number of aliphatic carboxylic acids is 1. The fourth-order valence-electron chi connectivity index (χ4n) is 4.76. The van der Waals surface area contributed by atoms with Gasteiger partial charge in [-0.1, -0.05) is 35.9 Å². The van der Waals surface area contributed by atoms with Crippen LogP contribution in [0, 0.1) is 23.0 Å². The van der Waals surface area contributed by atoms with E-state index >= 15 is 0 Å². The van der Waals surface area contributed by atoms with E-state index in [4.69, 9.17) is 16.9 Å². The maximum atomic E-state index is 14.8. The number of nitrogens with zero attached hydrogens (tertiary/aromatic N) is 2. The molecule has 12 heteroatoms. The lowest BCUT2D eigenvalue weighted by Gasteiger charge is -2.19. The summed E-state index contributed by atoms with van der Waals surface area (Å²) in [6, 6.07) is 13.3. The van der Waals surface area contributed by atoms with Gasteiger partial charge < -0.3 is 15.7 Å². The van der Waals surface area contributed by atoms with Gasteiger partial charge >= 0.3 is 5.97 Å². The SMILES string of the molecule is N#Cc1ccc(-c2ccc(C[C@H](NC(=O)c3c(F)cc(NC4(C(F)F)CC4)cc3F)C(=O)O)c3cccnc23)c(Cl)c1. The highest BCUT2D eigenvalue weighted by Crippen LogP contribution is 2.44. The van der Waals surface area contributed by atoms with Gasteiger partial charge in [-0.3, -0.25) is 9.78 Å². The smallest absolute Gasteiger partial charge is 0.326 e. The third-order valence-corrected chi connectivity index (χ3v) is 7.46. The van der Waals surface area contributed by atoms with Gasteiger partial charge in [0.05, 0.1) is 22.7 Å². The Kier molecular flexibility index (Phi) is 7.75. The fourth-order valence-corrected chi connectivity index (χ4v) is 5.04. The van der Waals surface area contributed by atoms with E-state index in [-0.39, 0.29) is 24.9 Å². The van der Waals surface area contributed by atoms with Gasteiger partial charge in [-0.05, 0) is 48.7 Å². The van der Waals surface area contributed by atoms with Gasteiger partial charge in [0.25, 0.3) is 12.3 Å². The van der Waals surface area contributed by atoms with Gasteiger partial charge in [0.15, 0.2) is 0 Å². The molecule has 0 unspecified atom stereocenters. The highest BCUT2D eigenvalue weighted by Gasteiger charge is 2.51. The summed E-state index contributed by atoms with van der Waals surface area (Å²) in [5.74, 6) is -5.43. The van der Waals surface area contributed by atoms with E-state index in [1.54, 1.807) is 42.6 Å². The number of rotatable bonds is 9. The number of nitrogens with one attached hydrogen (secondary N) is 2. The average molecular weight is 597 g/mol. The molecule has 4 aromatic rings. The lowest BCUT2D eigenvalue weighted by atomic mass is 9.94. The Balaban J connectivity index is 1.41. The number of carboxylic acids is 1. The lowest BCUT2D eigenvalue weighted by molar-refractivity contribution is -0.139. The van der Waals surface area contributed by atoms with Crippen molar-refractivity contribution in [3.05, 3.63) is 94.1 Å². The molecule has 42 heavy (non-hydrogen) atoms. The summed E-state index contributed by atoms with van der Waals surface area (Å²) in [5, 5.41) is 24.4. The normalized spacial score (nSPS) is 14.3. The molecule has 0 saturated heterocycles. The molecule has 5 rings (SSSR count). The number of pyridine rings is 1. The molecule has 1 saturated carbocycles. The van der Waals surface area contributed by atoms with Crippen molar-refractivity contribution in [2.75, 3.05) is 5.32 Å². The third-order valence-electron chi connectivity index (χ3n) is 7.14. The molecular formula is C30H21ClF4N4O3. The van der Waals surface area contributed by atoms with Crippen LogP contribution in [0.4, 0.5) is 23.2 Å². The second-order valence-electron chi connectivity index (χ2n) is 9.94. The Morgan fingerprint density at radius 2 is 1.76 bits per heavy atom. The maximum absolute atomic E-state index is 14.8. The number of carbonyl (C=O) groups is 2. The van der Waals surface area contributed by atoms with Gasteiger partial charge in [0.2, 0.25) is 0 Å². The predicted octanol–water partition coefficient (Wildman–Crippen LogP) is 6.34. The van der Waals surface area contributed by atoms with Crippen LogP contribution in [0.3, 0.4) is 0 Å². The topological polar surface area (TPSA) is 115 Å². The van der Waals surface area contributed by atoms with Crippen LogP contribution in [0.2, 0.25) is 5.02 Å². The Hall–Kier alpha value is -4.69. The molecule has 214 valence electrons. The zero-order chi connectivity index (χ0) is 30.2. The summed E-state index contributed by atoms with van der Waals surface area (Å²) in [7, 11) is 0. The molecule has 1 atom stereocenters. The van der Waals surface area contributed by atoms with Crippen molar-refractivity contribution in [1.29, 1.82) is 5.26 Å². The van der Waals surface area contributed by atoms with Crippen LogP contribution in [0.1, 0.15) is 34.3 Å². The van der Waals surface area contributed by atoms with Crippen molar-refractivity contribution in [2.45, 2.75) is 37.3 Å². The predicted molar refractivity (Wildman–Crippen MR) is 147 cm³/mol. The quantitative estimate of drug-likeness (QED) is 0.194. The summed E-state index contributed by atoms with van der Waals surface area (Å²) < 4.78 is 56.1. The molecule has 3 aromatic carbocycles. The Morgan fingerprint density at radius 1 is 1.07 bits per heavy atom. The van der Waals surface area contributed by atoms with E-state index in [0.717, 1.165) is 12.1 Å². The number of anilines is 1. The minimum Gasteiger partial charge on any atom is -0.480 e. The average Bonchev–Trinajstić information content (AvgIpc) is 3.73. The van der Waals surface area contributed by atoms with Gasteiger partial charge in [-0.2, -0.15) is 5.26 Å². The second-order valence-corrected chi connectivity index (χ2v) is 10.4. The molecule has 1 aliphatic rings. The first-order chi connectivity index (χ1) is 20.0. The highest BCUT2D eigenvalue weighted by atomic mass is 35.5. The lowest BCUT2D eigenvalue weighted by Crippen LogP contribution is -2.43. The van der Waals surface area contributed by atoms with E-state index in [0.29, 0.717) is 38.2 Å². The third kappa shape index (κ3) is 5.58. The van der Waals surface area contributed by atoms with Crippen LogP contribution < -0.4 is 10.6 Å². The number of alkyl halides is 2. The van der Waals surface area contributed by atoms with Crippen molar-refractivity contribution in [3.63, 3.8) is 0 Å². The summed E-state index contributed by atoms with van der Waals surface area (Å²) in [6.07, 6.45) is -1.21. The van der Waals surface area contributed by atoms with E-state index < -0.39 is 47.1 Å². The van der Waals surface area contributed by atoms with Crippen LogP contribution in [-0.2, 0) is 11.2 Å². The molecule has 7 nitrogen and oxygen atoms in total. The standard InChI is InChI=1S/C30H21ClF4N4O3/c31-21-10-15(14-36)3-5-19(21)20-6-4-16(18-2-1-9-37-26(18)20)11-24(28(41)42)38-27(40)25-22(32)12-17(13-23(25)33)39-30(7-8-30)29(34)35/h1-6,9-10,12-13,24,29,39H,7-8,11H2,(H,38,40)(H,41,42)/t24-/m0/s1. The number of halogens is 5. The first kappa shape index (κ1) is 28.8. The number of hydrogen-bond donors (Lipinski definition) is 3. The number of aromatic nitrogens is 1. The number of carbonyl (C=O) groups excluding carboxylic acids is 1. The Bertz CT molecular complexity index is 1750. The minimum absolute atomic E-state index is 0.127. The van der Waals surface area contributed by atoms with Crippen LogP contribution >= 0.6 is 11.6 Å². The van der Waals surface area contributed by atoms with E-state index in [1.165, 1.54) is 6.07 Å². The first-order valence-electron chi connectivity index (χ1n) is 12.7. The summed E-state index contributed by atoms with van der Waals surface area (Å²) in [5.41, 5.74) is -0.305. The van der Waals surface area contributed by atoms with Crippen molar-refractivity contribution in [2.24, 2.45) is 0 Å². The number of benzene rings is 3. The van der Waals surface area contributed by atoms with Gasteiger partial charge in [-0.25, -0.2) is 22.4 Å². The summed E-state index contributed by atoms with van der Waals surface area (Å²) in [6.45, 7) is 0. The molecule has 1 fully saturated rings. The number of amides is 1. The van der Waals surface area contributed by atoms with Crippen LogP contribution in [-0.4, -0.2) is 40.0 Å². The van der Waals surface area contributed by atoms with E-state index in [2.05, 4.69) is 15.6 Å². The summed E-state index contributed by atoms with van der Waals surface area (Å²) in [4.78, 5) is 29.4. The molecule has 0 radical (unpaired) electrons. The molecule has 0 spiro atoms. The van der Waals surface area contributed by atoms with Crippen LogP contribution in [0.25, 0.3) is 22.0 Å². The molecule has 0 aliphatic heterocycles. The Morgan fingerprint density at radius 3 is 2.36 bits per heavy atom. The summed E-state index contributed by atoms with van der Waals surface area (Å²) >= 11 is 6.41. The monoisotopic (exact) mass is 596 g/mol. The van der Waals surface area contributed by atoms with E-state index in [1.807, 2.05) is 6.07 Å². The van der Waals surface area contributed by atoms with Crippen molar-refractivity contribution in [3.8, 4) is 17.2 Å². The van der Waals surface area contributed by atoms with Gasteiger partial charge in [0, 0.05) is 39.8 Å². The van der Waals surface area contributed by atoms with Gasteiger partial charge in [-0.15, -0.1) is 0 Å².